The Balaban J connectivity index is 1.44. The van der Waals surface area contributed by atoms with Gasteiger partial charge < -0.3 is 18.9 Å². The molecule has 4 rings (SSSR count). The maximum atomic E-state index is 13.9. The van der Waals surface area contributed by atoms with Gasteiger partial charge in [0.1, 0.15) is 18.2 Å². The van der Waals surface area contributed by atoms with E-state index < -0.39 is 5.82 Å². The predicted octanol–water partition coefficient (Wildman–Crippen LogP) is 3.05. The van der Waals surface area contributed by atoms with E-state index in [1.54, 1.807) is 29.9 Å². The predicted molar refractivity (Wildman–Crippen MR) is 103 cm³/mol. The number of fused-ring (bicyclic) bond motifs is 1. The largest absolute Gasteiger partial charge is 0.489 e. The lowest BCUT2D eigenvalue weighted by molar-refractivity contribution is 0.0988. The maximum Gasteiger partial charge on any atom is 0.250 e. The molecular weight excluding hydrogens is 363 g/mol. The van der Waals surface area contributed by atoms with E-state index in [9.17, 15) is 9.18 Å². The molecule has 0 unspecified atom stereocenters. The first-order chi connectivity index (χ1) is 13.6. The Morgan fingerprint density at radius 1 is 1.14 bits per heavy atom. The fraction of sp³-hybridized carbons (Fsp3) is 0.190. The van der Waals surface area contributed by atoms with Gasteiger partial charge in [-0.3, -0.25) is 4.79 Å². The van der Waals surface area contributed by atoms with Crippen LogP contribution in [0.15, 0.2) is 65.1 Å². The summed E-state index contributed by atoms with van der Waals surface area (Å²) in [5.74, 6) is 0.208. The van der Waals surface area contributed by atoms with Gasteiger partial charge in [-0.2, -0.15) is 0 Å². The SMILES string of the molecule is Cn1c(=O)ccc2cc(COc3cc(F)cc(ONC=C4COC4)c3)ccc21. The van der Waals surface area contributed by atoms with Crippen molar-refractivity contribution in [2.75, 3.05) is 13.2 Å². The average Bonchev–Trinajstić information content (AvgIpc) is 2.65. The fourth-order valence-corrected chi connectivity index (χ4v) is 2.85. The first kappa shape index (κ1) is 18.1. The van der Waals surface area contributed by atoms with Gasteiger partial charge in [-0.05, 0) is 29.1 Å². The first-order valence-corrected chi connectivity index (χ1v) is 8.78. The molecule has 0 atom stereocenters. The Hall–Kier alpha value is -3.32. The second-order valence-electron chi connectivity index (χ2n) is 6.55. The van der Waals surface area contributed by atoms with Crippen LogP contribution in [0.2, 0.25) is 0 Å². The number of nitrogens with zero attached hydrogens (tertiary/aromatic N) is 1. The van der Waals surface area contributed by atoms with E-state index >= 15 is 0 Å². The highest BCUT2D eigenvalue weighted by molar-refractivity contribution is 5.79. The third-order valence-electron chi connectivity index (χ3n) is 4.45. The summed E-state index contributed by atoms with van der Waals surface area (Å²) < 4.78 is 26.2. The summed E-state index contributed by atoms with van der Waals surface area (Å²) in [6.07, 6.45) is 1.69. The average molecular weight is 382 g/mol. The molecule has 1 aromatic heterocycles. The van der Waals surface area contributed by atoms with Gasteiger partial charge in [-0.15, -0.1) is 0 Å². The van der Waals surface area contributed by atoms with Crippen LogP contribution in [0.4, 0.5) is 4.39 Å². The van der Waals surface area contributed by atoms with Crippen molar-refractivity contribution >= 4 is 10.9 Å². The van der Waals surface area contributed by atoms with Gasteiger partial charge in [0.2, 0.25) is 0 Å². The second kappa shape index (κ2) is 7.74. The standard InChI is InChI=1S/C21H19FN2O4/c1-24-20-4-2-14(6-16(20)3-5-21(24)25)13-27-18-7-17(22)8-19(9-18)28-23-10-15-11-26-12-15/h2-10,23H,11-13H2,1H3. The van der Waals surface area contributed by atoms with Crippen molar-refractivity contribution in [1.82, 2.24) is 10.0 Å². The molecule has 0 spiro atoms. The summed E-state index contributed by atoms with van der Waals surface area (Å²) in [6.45, 7) is 1.41. The number of halogens is 1. The molecule has 1 N–H and O–H groups in total. The summed E-state index contributed by atoms with van der Waals surface area (Å²) in [4.78, 5) is 17.0. The number of aromatic nitrogens is 1. The number of rotatable bonds is 6. The highest BCUT2D eigenvalue weighted by Gasteiger charge is 2.09. The van der Waals surface area contributed by atoms with Crippen LogP contribution >= 0.6 is 0 Å². The van der Waals surface area contributed by atoms with E-state index in [0.717, 1.165) is 22.0 Å². The number of nitrogens with one attached hydrogen (secondary N) is 1. The summed E-state index contributed by atoms with van der Waals surface area (Å²) in [5, 5.41) is 0.934. The van der Waals surface area contributed by atoms with Crippen LogP contribution in [0, 0.1) is 5.82 Å². The normalized spacial score (nSPS) is 13.1. The van der Waals surface area contributed by atoms with Gasteiger partial charge in [0, 0.05) is 43.1 Å². The van der Waals surface area contributed by atoms with Gasteiger partial charge in [0.25, 0.3) is 5.56 Å². The molecule has 6 nitrogen and oxygen atoms in total. The van der Waals surface area contributed by atoms with E-state index in [1.807, 2.05) is 18.2 Å². The zero-order valence-corrected chi connectivity index (χ0v) is 15.3. The molecule has 1 fully saturated rings. The van der Waals surface area contributed by atoms with Crippen LogP contribution in [0.3, 0.4) is 0 Å². The van der Waals surface area contributed by atoms with Gasteiger partial charge >= 0.3 is 0 Å². The Kier molecular flexibility index (Phi) is 4.99. The molecule has 0 amide bonds. The molecule has 0 aliphatic carbocycles. The topological polar surface area (TPSA) is 61.7 Å². The van der Waals surface area contributed by atoms with Crippen molar-refractivity contribution in [3.05, 3.63) is 82.0 Å². The van der Waals surface area contributed by atoms with Crippen molar-refractivity contribution in [2.45, 2.75) is 6.61 Å². The lowest BCUT2D eigenvalue weighted by atomic mass is 10.1. The minimum atomic E-state index is -0.456. The van der Waals surface area contributed by atoms with Gasteiger partial charge in [0.15, 0.2) is 5.75 Å². The third kappa shape index (κ3) is 3.99. The van der Waals surface area contributed by atoms with Crippen LogP contribution in [0.1, 0.15) is 5.56 Å². The zero-order valence-electron chi connectivity index (χ0n) is 15.3. The highest BCUT2D eigenvalue weighted by Crippen LogP contribution is 2.23. The Labute approximate surface area is 160 Å². The molecule has 28 heavy (non-hydrogen) atoms. The molecule has 7 heteroatoms. The fourth-order valence-electron chi connectivity index (χ4n) is 2.85. The molecule has 0 bridgehead atoms. The monoisotopic (exact) mass is 382 g/mol. The molecule has 144 valence electrons. The molecule has 0 radical (unpaired) electrons. The van der Waals surface area contributed by atoms with Crippen molar-refractivity contribution in [1.29, 1.82) is 0 Å². The zero-order chi connectivity index (χ0) is 19.5. The number of benzene rings is 2. The smallest absolute Gasteiger partial charge is 0.250 e. The number of hydrogen-bond donors (Lipinski definition) is 1. The van der Waals surface area contributed by atoms with Gasteiger partial charge in [-0.1, -0.05) is 6.07 Å². The molecule has 3 aromatic rings. The summed E-state index contributed by atoms with van der Waals surface area (Å²) in [7, 11) is 1.73. The second-order valence-corrected chi connectivity index (χ2v) is 6.55. The van der Waals surface area contributed by atoms with Crippen LogP contribution in [0.25, 0.3) is 10.9 Å². The minimum Gasteiger partial charge on any atom is -0.489 e. The van der Waals surface area contributed by atoms with Gasteiger partial charge in [-0.25, -0.2) is 9.87 Å². The molecule has 1 aliphatic rings. The molecule has 0 saturated carbocycles. The van der Waals surface area contributed by atoms with E-state index in [1.165, 1.54) is 18.2 Å². The van der Waals surface area contributed by atoms with E-state index in [0.29, 0.717) is 24.7 Å². The number of ether oxygens (including phenoxy) is 2. The minimum absolute atomic E-state index is 0.0575. The maximum absolute atomic E-state index is 13.9. The Morgan fingerprint density at radius 3 is 2.75 bits per heavy atom. The molecule has 2 aromatic carbocycles. The Morgan fingerprint density at radius 2 is 1.96 bits per heavy atom. The number of aryl methyl sites for hydroxylation is 1. The van der Waals surface area contributed by atoms with Crippen LogP contribution < -0.4 is 20.6 Å². The van der Waals surface area contributed by atoms with Crippen molar-refractivity contribution in [3.63, 3.8) is 0 Å². The quantitative estimate of drug-likeness (QED) is 0.664. The molecule has 1 saturated heterocycles. The van der Waals surface area contributed by atoms with E-state index in [4.69, 9.17) is 14.3 Å². The van der Waals surface area contributed by atoms with Crippen LogP contribution in [-0.2, 0) is 18.4 Å². The summed E-state index contributed by atoms with van der Waals surface area (Å²) in [5.41, 5.74) is 5.43. The van der Waals surface area contributed by atoms with Gasteiger partial charge in [0.05, 0.1) is 18.7 Å². The lowest BCUT2D eigenvalue weighted by Crippen LogP contribution is -2.21. The number of hydrogen-bond acceptors (Lipinski definition) is 5. The summed E-state index contributed by atoms with van der Waals surface area (Å²) in [6, 6.07) is 13.2. The lowest BCUT2D eigenvalue weighted by Gasteiger charge is -2.17. The molecule has 1 aliphatic heterocycles. The van der Waals surface area contributed by atoms with Crippen molar-refractivity contribution in [2.24, 2.45) is 7.05 Å². The van der Waals surface area contributed by atoms with Crippen molar-refractivity contribution in [3.8, 4) is 11.5 Å². The van der Waals surface area contributed by atoms with E-state index in [-0.39, 0.29) is 12.2 Å². The first-order valence-electron chi connectivity index (χ1n) is 8.78. The molecular formula is C21H19FN2O4. The number of pyridine rings is 1. The number of hydroxylamine groups is 1. The van der Waals surface area contributed by atoms with Crippen LogP contribution in [0.5, 0.6) is 11.5 Å². The molecule has 2 heterocycles. The third-order valence-corrected chi connectivity index (χ3v) is 4.45. The van der Waals surface area contributed by atoms with E-state index in [2.05, 4.69) is 5.48 Å². The van der Waals surface area contributed by atoms with Crippen LogP contribution in [-0.4, -0.2) is 17.8 Å². The summed E-state index contributed by atoms with van der Waals surface area (Å²) >= 11 is 0. The van der Waals surface area contributed by atoms with Crippen molar-refractivity contribution < 1.29 is 18.7 Å². The Bertz CT molecular complexity index is 1100. The highest BCUT2D eigenvalue weighted by atomic mass is 19.1.